The van der Waals surface area contributed by atoms with E-state index in [1.165, 1.54) is 24.8 Å². The van der Waals surface area contributed by atoms with E-state index in [0.29, 0.717) is 12.0 Å². The van der Waals surface area contributed by atoms with Crippen molar-refractivity contribution in [1.29, 1.82) is 0 Å². The zero-order valence-electron chi connectivity index (χ0n) is 12.1. The predicted octanol–water partition coefficient (Wildman–Crippen LogP) is 4.25. The molecule has 1 N–H and O–H groups in total. The molecule has 0 radical (unpaired) electrons. The Kier molecular flexibility index (Phi) is 4.33. The number of azo groups is 1. The Hall–Kier alpha value is -2.69. The average molecular weight is 284 g/mol. The molecular formula is C16H16N2O3. The molecule has 0 atom stereocenters. The number of hydrogen-bond donors (Lipinski definition) is 1. The van der Waals surface area contributed by atoms with Crippen LogP contribution >= 0.6 is 0 Å². The van der Waals surface area contributed by atoms with Crippen LogP contribution in [0.4, 0.5) is 11.4 Å². The Morgan fingerprint density at radius 1 is 1.05 bits per heavy atom. The van der Waals surface area contributed by atoms with Crippen LogP contribution in [-0.2, 0) is 0 Å². The number of aldehydes is 1. The molecule has 0 fully saturated rings. The first-order valence-electron chi connectivity index (χ1n) is 6.40. The van der Waals surface area contributed by atoms with Crippen LogP contribution < -0.4 is 4.74 Å². The summed E-state index contributed by atoms with van der Waals surface area (Å²) in [6, 6.07) is 8.74. The van der Waals surface area contributed by atoms with Gasteiger partial charge in [-0.2, -0.15) is 10.2 Å². The quantitative estimate of drug-likeness (QED) is 0.674. The fourth-order valence-corrected chi connectivity index (χ4v) is 1.82. The largest absolute Gasteiger partial charge is 0.504 e. The highest BCUT2D eigenvalue weighted by atomic mass is 16.5. The number of phenols is 1. The van der Waals surface area contributed by atoms with Crippen LogP contribution in [0.15, 0.2) is 40.6 Å². The van der Waals surface area contributed by atoms with Gasteiger partial charge in [-0.1, -0.05) is 6.07 Å². The molecule has 0 aliphatic heterocycles. The van der Waals surface area contributed by atoms with Gasteiger partial charge in [0.15, 0.2) is 17.8 Å². The fourth-order valence-electron chi connectivity index (χ4n) is 1.82. The van der Waals surface area contributed by atoms with Crippen molar-refractivity contribution in [2.24, 2.45) is 10.2 Å². The molecule has 0 aliphatic carbocycles. The summed E-state index contributed by atoms with van der Waals surface area (Å²) >= 11 is 0. The zero-order valence-corrected chi connectivity index (χ0v) is 12.1. The molecule has 5 nitrogen and oxygen atoms in total. The molecular weight excluding hydrogens is 268 g/mol. The monoisotopic (exact) mass is 284 g/mol. The highest BCUT2D eigenvalue weighted by Gasteiger charge is 2.09. The molecule has 0 aliphatic rings. The van der Waals surface area contributed by atoms with Gasteiger partial charge in [-0.05, 0) is 43.2 Å². The van der Waals surface area contributed by atoms with Crippen LogP contribution in [0.25, 0.3) is 0 Å². The van der Waals surface area contributed by atoms with Crippen LogP contribution in [0.2, 0.25) is 0 Å². The van der Waals surface area contributed by atoms with Gasteiger partial charge in [0, 0.05) is 6.07 Å². The summed E-state index contributed by atoms with van der Waals surface area (Å²) in [6.07, 6.45) is 0.549. The Balaban J connectivity index is 2.36. The molecule has 0 saturated carbocycles. The van der Waals surface area contributed by atoms with Crippen LogP contribution in [0.5, 0.6) is 11.5 Å². The number of phenolic OH excluding ortho intramolecular Hbond substituents is 1. The smallest absolute Gasteiger partial charge is 0.168 e. The van der Waals surface area contributed by atoms with Crippen molar-refractivity contribution in [1.82, 2.24) is 0 Å². The van der Waals surface area contributed by atoms with Crippen molar-refractivity contribution in [3.05, 3.63) is 47.0 Å². The minimum absolute atomic E-state index is 0.114. The van der Waals surface area contributed by atoms with E-state index in [-0.39, 0.29) is 17.1 Å². The molecule has 2 aromatic carbocycles. The van der Waals surface area contributed by atoms with Crippen LogP contribution in [0.1, 0.15) is 21.5 Å². The van der Waals surface area contributed by atoms with Crippen molar-refractivity contribution in [2.75, 3.05) is 7.11 Å². The second-order valence-electron chi connectivity index (χ2n) is 4.67. The third kappa shape index (κ3) is 3.25. The molecule has 21 heavy (non-hydrogen) atoms. The van der Waals surface area contributed by atoms with Gasteiger partial charge in [-0.15, -0.1) is 0 Å². The maximum absolute atomic E-state index is 10.9. The van der Waals surface area contributed by atoms with Crippen molar-refractivity contribution >= 4 is 17.7 Å². The molecule has 0 bridgehead atoms. The van der Waals surface area contributed by atoms with Gasteiger partial charge in [0.1, 0.15) is 0 Å². The lowest BCUT2D eigenvalue weighted by molar-refractivity contribution is 0.112. The second-order valence-corrected chi connectivity index (χ2v) is 4.67. The molecule has 108 valence electrons. The first-order chi connectivity index (χ1) is 10.0. The van der Waals surface area contributed by atoms with Crippen molar-refractivity contribution < 1.29 is 14.6 Å². The summed E-state index contributed by atoms with van der Waals surface area (Å²) in [5, 5.41) is 17.9. The van der Waals surface area contributed by atoms with Crippen molar-refractivity contribution in [3.63, 3.8) is 0 Å². The van der Waals surface area contributed by atoms with Gasteiger partial charge < -0.3 is 9.84 Å². The number of nitrogens with zero attached hydrogens (tertiary/aromatic N) is 2. The lowest BCUT2D eigenvalue weighted by Gasteiger charge is -2.06. The van der Waals surface area contributed by atoms with E-state index in [2.05, 4.69) is 10.2 Å². The molecule has 0 heterocycles. The number of ether oxygens (including phenoxy) is 1. The third-order valence-corrected chi connectivity index (χ3v) is 3.21. The molecule has 0 unspecified atom stereocenters. The van der Waals surface area contributed by atoms with Gasteiger partial charge >= 0.3 is 0 Å². The van der Waals surface area contributed by atoms with Crippen LogP contribution in [-0.4, -0.2) is 18.5 Å². The number of benzene rings is 2. The summed E-state index contributed by atoms with van der Waals surface area (Å²) < 4.78 is 5.00. The molecule has 0 saturated heterocycles. The predicted molar refractivity (Wildman–Crippen MR) is 80.1 cm³/mol. The number of carbonyl (C=O) groups excluding carboxylic acids is 1. The van der Waals surface area contributed by atoms with E-state index in [0.717, 1.165) is 11.3 Å². The maximum Gasteiger partial charge on any atom is 0.168 e. The second kappa shape index (κ2) is 6.17. The standard InChI is InChI=1S/C16H16N2O3/c1-10-4-5-13(6-11(10)2)17-18-14-7-12(9-19)16(20)15(8-14)21-3/h4-9,20H,1-3H3. The minimum Gasteiger partial charge on any atom is -0.504 e. The van der Waals surface area contributed by atoms with E-state index in [4.69, 9.17) is 4.74 Å². The molecule has 2 rings (SSSR count). The SMILES string of the molecule is COc1cc(N=Nc2ccc(C)c(C)c2)cc(C=O)c1O. The van der Waals surface area contributed by atoms with Gasteiger partial charge in [0.2, 0.25) is 0 Å². The highest BCUT2D eigenvalue weighted by molar-refractivity contribution is 5.83. The lowest BCUT2D eigenvalue weighted by atomic mass is 10.1. The Bertz CT molecular complexity index is 709. The van der Waals surface area contributed by atoms with Crippen LogP contribution in [0.3, 0.4) is 0 Å². The lowest BCUT2D eigenvalue weighted by Crippen LogP contribution is -1.88. The number of aromatic hydroxyl groups is 1. The number of carbonyl (C=O) groups is 1. The summed E-state index contributed by atoms with van der Waals surface area (Å²) in [7, 11) is 1.41. The van der Waals surface area contributed by atoms with E-state index >= 15 is 0 Å². The summed E-state index contributed by atoms with van der Waals surface area (Å²) in [5.41, 5.74) is 3.58. The Morgan fingerprint density at radius 3 is 2.38 bits per heavy atom. The molecule has 0 amide bonds. The maximum atomic E-state index is 10.9. The summed E-state index contributed by atoms with van der Waals surface area (Å²) in [4.78, 5) is 10.9. The Labute approximate surface area is 122 Å². The van der Waals surface area contributed by atoms with E-state index < -0.39 is 0 Å². The molecule has 5 heteroatoms. The van der Waals surface area contributed by atoms with Gasteiger partial charge in [-0.3, -0.25) is 4.79 Å². The first kappa shape index (κ1) is 14.7. The van der Waals surface area contributed by atoms with E-state index in [9.17, 15) is 9.90 Å². The molecule has 2 aromatic rings. The van der Waals surface area contributed by atoms with E-state index in [1.807, 2.05) is 32.0 Å². The first-order valence-corrected chi connectivity index (χ1v) is 6.40. The number of hydrogen-bond acceptors (Lipinski definition) is 5. The zero-order chi connectivity index (χ0) is 15.4. The Morgan fingerprint density at radius 2 is 1.76 bits per heavy atom. The van der Waals surface area contributed by atoms with Gasteiger partial charge in [0.25, 0.3) is 0 Å². The van der Waals surface area contributed by atoms with Crippen LogP contribution in [0, 0.1) is 13.8 Å². The number of methoxy groups -OCH3 is 1. The van der Waals surface area contributed by atoms with Crippen molar-refractivity contribution in [2.45, 2.75) is 13.8 Å². The topological polar surface area (TPSA) is 71.2 Å². The number of aryl methyl sites for hydroxylation is 2. The van der Waals surface area contributed by atoms with E-state index in [1.54, 1.807) is 0 Å². The van der Waals surface area contributed by atoms with Crippen molar-refractivity contribution in [3.8, 4) is 11.5 Å². The highest BCUT2D eigenvalue weighted by Crippen LogP contribution is 2.34. The fraction of sp³-hybridized carbons (Fsp3) is 0.188. The molecule has 0 spiro atoms. The summed E-state index contributed by atoms with van der Waals surface area (Å²) in [6.45, 7) is 4.03. The normalized spacial score (nSPS) is 10.8. The van der Waals surface area contributed by atoms with Gasteiger partial charge in [0.05, 0.1) is 24.0 Å². The average Bonchev–Trinajstić information content (AvgIpc) is 2.49. The van der Waals surface area contributed by atoms with Gasteiger partial charge in [-0.25, -0.2) is 0 Å². The summed E-state index contributed by atoms with van der Waals surface area (Å²) in [5.74, 6) is -0.00809. The minimum atomic E-state index is -0.197. The number of rotatable bonds is 4. The molecule has 0 aromatic heterocycles. The third-order valence-electron chi connectivity index (χ3n) is 3.21.